The van der Waals surface area contributed by atoms with Gasteiger partial charge in [0, 0.05) is 26.7 Å². The predicted molar refractivity (Wildman–Crippen MR) is 72.8 cm³/mol. The molecule has 1 unspecified atom stereocenters. The zero-order valence-corrected chi connectivity index (χ0v) is 11.6. The molecule has 0 bridgehead atoms. The molecule has 1 N–H and O–H groups in total. The number of hydrogen-bond acceptors (Lipinski definition) is 3. The summed E-state index contributed by atoms with van der Waals surface area (Å²) in [6.07, 6.45) is 0. The summed E-state index contributed by atoms with van der Waals surface area (Å²) >= 11 is 0. The molecule has 0 saturated carbocycles. The maximum Gasteiger partial charge on any atom is 0.249 e. The molecule has 1 aromatic rings. The van der Waals surface area contributed by atoms with E-state index in [1.807, 2.05) is 6.07 Å². The summed E-state index contributed by atoms with van der Waals surface area (Å²) in [5.74, 6) is -0.342. The van der Waals surface area contributed by atoms with Crippen LogP contribution >= 0.6 is 12.4 Å². The van der Waals surface area contributed by atoms with Crippen LogP contribution in [0.25, 0.3) is 0 Å². The van der Waals surface area contributed by atoms with Gasteiger partial charge in [-0.2, -0.15) is 0 Å². The Balaban J connectivity index is 0.00000180. The highest BCUT2D eigenvalue weighted by Crippen LogP contribution is 2.22. The van der Waals surface area contributed by atoms with Crippen molar-refractivity contribution in [3.8, 4) is 0 Å². The highest BCUT2D eigenvalue weighted by molar-refractivity contribution is 5.85. The van der Waals surface area contributed by atoms with Crippen LogP contribution in [0.3, 0.4) is 0 Å². The first kappa shape index (κ1) is 15.9. The van der Waals surface area contributed by atoms with E-state index in [1.54, 1.807) is 11.0 Å². The number of carbonyl (C=O) groups is 1. The Hall–Kier alpha value is -1.17. The SMILES string of the molecule is COCC(=O)N1CCNCC1c1cccc(F)c1.Cl. The minimum absolute atomic E-state index is 0. The fraction of sp³-hybridized carbons (Fsp3) is 0.462. The van der Waals surface area contributed by atoms with Crippen molar-refractivity contribution in [3.05, 3.63) is 35.6 Å². The number of rotatable bonds is 3. The lowest BCUT2D eigenvalue weighted by Gasteiger charge is -2.36. The van der Waals surface area contributed by atoms with Crippen molar-refractivity contribution in [1.82, 2.24) is 10.2 Å². The lowest BCUT2D eigenvalue weighted by molar-refractivity contribution is -0.138. The van der Waals surface area contributed by atoms with Crippen molar-refractivity contribution in [3.63, 3.8) is 0 Å². The molecule has 1 aliphatic rings. The third-order valence-corrected chi connectivity index (χ3v) is 3.06. The van der Waals surface area contributed by atoms with E-state index in [9.17, 15) is 9.18 Å². The van der Waals surface area contributed by atoms with Crippen molar-refractivity contribution >= 4 is 18.3 Å². The summed E-state index contributed by atoms with van der Waals surface area (Å²) in [5.41, 5.74) is 0.812. The van der Waals surface area contributed by atoms with Gasteiger partial charge in [-0.15, -0.1) is 12.4 Å². The monoisotopic (exact) mass is 288 g/mol. The summed E-state index contributed by atoms with van der Waals surface area (Å²) < 4.78 is 18.1. The van der Waals surface area contributed by atoms with E-state index < -0.39 is 0 Å². The molecule has 4 nitrogen and oxygen atoms in total. The van der Waals surface area contributed by atoms with E-state index in [-0.39, 0.29) is 36.8 Å². The normalized spacial score (nSPS) is 18.8. The molecule has 1 fully saturated rings. The Morgan fingerprint density at radius 2 is 2.37 bits per heavy atom. The molecule has 0 radical (unpaired) electrons. The molecule has 1 aliphatic heterocycles. The van der Waals surface area contributed by atoms with Gasteiger partial charge in [0.05, 0.1) is 6.04 Å². The average molecular weight is 289 g/mol. The van der Waals surface area contributed by atoms with E-state index in [0.29, 0.717) is 13.1 Å². The van der Waals surface area contributed by atoms with Gasteiger partial charge in [-0.25, -0.2) is 4.39 Å². The quantitative estimate of drug-likeness (QED) is 0.913. The van der Waals surface area contributed by atoms with Gasteiger partial charge < -0.3 is 15.0 Å². The van der Waals surface area contributed by atoms with Crippen LogP contribution in [-0.4, -0.2) is 44.2 Å². The van der Waals surface area contributed by atoms with E-state index in [4.69, 9.17) is 4.74 Å². The molecule has 1 amide bonds. The van der Waals surface area contributed by atoms with Crippen LogP contribution in [0.15, 0.2) is 24.3 Å². The Morgan fingerprint density at radius 1 is 1.58 bits per heavy atom. The third-order valence-electron chi connectivity index (χ3n) is 3.06. The number of methoxy groups -OCH3 is 1. The number of nitrogens with zero attached hydrogens (tertiary/aromatic N) is 1. The number of amides is 1. The van der Waals surface area contributed by atoms with Crippen LogP contribution in [0.1, 0.15) is 11.6 Å². The highest BCUT2D eigenvalue weighted by Gasteiger charge is 2.27. The molecule has 1 saturated heterocycles. The number of piperazine rings is 1. The van der Waals surface area contributed by atoms with Gasteiger partial charge >= 0.3 is 0 Å². The standard InChI is InChI=1S/C13H17FN2O2.ClH/c1-18-9-13(17)16-6-5-15-8-12(16)10-3-2-4-11(14)7-10;/h2-4,7,12,15H,5-6,8-9H2,1H3;1H. The van der Waals surface area contributed by atoms with Gasteiger partial charge in [-0.05, 0) is 17.7 Å². The highest BCUT2D eigenvalue weighted by atomic mass is 35.5. The average Bonchev–Trinajstić information content (AvgIpc) is 2.39. The second-order valence-electron chi connectivity index (χ2n) is 4.30. The summed E-state index contributed by atoms with van der Waals surface area (Å²) in [6.45, 7) is 2.06. The van der Waals surface area contributed by atoms with Gasteiger partial charge in [0.25, 0.3) is 0 Å². The largest absolute Gasteiger partial charge is 0.375 e. The molecular weight excluding hydrogens is 271 g/mol. The van der Waals surface area contributed by atoms with E-state index >= 15 is 0 Å². The van der Waals surface area contributed by atoms with E-state index in [2.05, 4.69) is 5.32 Å². The first-order valence-electron chi connectivity index (χ1n) is 5.97. The maximum absolute atomic E-state index is 13.2. The number of halogens is 2. The fourth-order valence-corrected chi connectivity index (χ4v) is 2.22. The van der Waals surface area contributed by atoms with Crippen LogP contribution in [0, 0.1) is 5.82 Å². The fourth-order valence-electron chi connectivity index (χ4n) is 2.22. The van der Waals surface area contributed by atoms with Crippen molar-refractivity contribution in [2.45, 2.75) is 6.04 Å². The van der Waals surface area contributed by atoms with Crippen molar-refractivity contribution < 1.29 is 13.9 Å². The Morgan fingerprint density at radius 3 is 3.05 bits per heavy atom. The molecular formula is C13H18ClFN2O2. The molecule has 106 valence electrons. The van der Waals surface area contributed by atoms with Crippen LogP contribution in [0.2, 0.25) is 0 Å². The van der Waals surface area contributed by atoms with Crippen LogP contribution in [0.5, 0.6) is 0 Å². The molecule has 1 heterocycles. The summed E-state index contributed by atoms with van der Waals surface area (Å²) in [7, 11) is 1.50. The first-order chi connectivity index (χ1) is 8.72. The minimum atomic E-state index is -0.280. The lowest BCUT2D eigenvalue weighted by atomic mass is 10.0. The first-order valence-corrected chi connectivity index (χ1v) is 5.97. The second kappa shape index (κ2) is 7.43. The topological polar surface area (TPSA) is 41.6 Å². The number of benzene rings is 1. The molecule has 0 aromatic heterocycles. The lowest BCUT2D eigenvalue weighted by Crippen LogP contribution is -2.49. The second-order valence-corrected chi connectivity index (χ2v) is 4.30. The van der Waals surface area contributed by atoms with E-state index in [0.717, 1.165) is 12.1 Å². The van der Waals surface area contributed by atoms with Crippen LogP contribution < -0.4 is 5.32 Å². The Labute approximate surface area is 118 Å². The van der Waals surface area contributed by atoms with Crippen molar-refractivity contribution in [2.75, 3.05) is 33.4 Å². The predicted octanol–water partition coefficient (Wildman–Crippen LogP) is 1.37. The summed E-state index contributed by atoms with van der Waals surface area (Å²) in [5, 5.41) is 3.22. The zero-order chi connectivity index (χ0) is 13.0. The maximum atomic E-state index is 13.2. The van der Waals surface area contributed by atoms with Crippen LogP contribution in [-0.2, 0) is 9.53 Å². The molecule has 0 aliphatic carbocycles. The molecule has 0 spiro atoms. The molecule has 6 heteroatoms. The number of nitrogens with one attached hydrogen (secondary N) is 1. The Kier molecular flexibility index (Phi) is 6.21. The molecule has 2 rings (SSSR count). The summed E-state index contributed by atoms with van der Waals surface area (Å²) in [6, 6.07) is 6.26. The zero-order valence-electron chi connectivity index (χ0n) is 10.8. The van der Waals surface area contributed by atoms with Gasteiger partial charge in [-0.3, -0.25) is 4.79 Å². The van der Waals surface area contributed by atoms with Gasteiger partial charge in [0.1, 0.15) is 12.4 Å². The Bertz CT molecular complexity index is 431. The molecule has 1 aromatic carbocycles. The minimum Gasteiger partial charge on any atom is -0.375 e. The smallest absolute Gasteiger partial charge is 0.249 e. The van der Waals surface area contributed by atoms with Gasteiger partial charge in [0.2, 0.25) is 5.91 Å². The van der Waals surface area contributed by atoms with Gasteiger partial charge in [0.15, 0.2) is 0 Å². The van der Waals surface area contributed by atoms with Crippen molar-refractivity contribution in [2.24, 2.45) is 0 Å². The van der Waals surface area contributed by atoms with E-state index in [1.165, 1.54) is 19.2 Å². The third kappa shape index (κ3) is 3.89. The molecule has 1 atom stereocenters. The van der Waals surface area contributed by atoms with Gasteiger partial charge in [-0.1, -0.05) is 12.1 Å². The number of hydrogen-bond donors (Lipinski definition) is 1. The summed E-state index contributed by atoms with van der Waals surface area (Å²) in [4.78, 5) is 13.7. The molecule has 19 heavy (non-hydrogen) atoms. The number of carbonyl (C=O) groups excluding carboxylic acids is 1. The number of ether oxygens (including phenoxy) is 1. The van der Waals surface area contributed by atoms with Crippen molar-refractivity contribution in [1.29, 1.82) is 0 Å². The van der Waals surface area contributed by atoms with Crippen LogP contribution in [0.4, 0.5) is 4.39 Å².